The summed E-state index contributed by atoms with van der Waals surface area (Å²) >= 11 is 0. The van der Waals surface area contributed by atoms with Gasteiger partial charge >= 0.3 is 0 Å². The Hall–Kier alpha value is -2.31. The van der Waals surface area contributed by atoms with Crippen LogP contribution in [0, 0.1) is 13.8 Å². The molecule has 0 saturated carbocycles. The fourth-order valence-electron chi connectivity index (χ4n) is 3.09. The van der Waals surface area contributed by atoms with Crippen LogP contribution in [-0.4, -0.2) is 40.0 Å². The smallest absolute Gasteiger partial charge is 0.224 e. The zero-order chi connectivity index (χ0) is 16.4. The normalized spacial score (nSPS) is 18.2. The molecule has 0 aliphatic carbocycles. The molecule has 0 unspecified atom stereocenters. The lowest BCUT2D eigenvalue weighted by Crippen LogP contribution is -2.48. The topological polar surface area (TPSA) is 76.2 Å². The second-order valence-corrected chi connectivity index (χ2v) is 6.20. The van der Waals surface area contributed by atoms with Crippen molar-refractivity contribution in [2.24, 2.45) is 7.05 Å². The van der Waals surface area contributed by atoms with E-state index in [1.165, 1.54) is 0 Å². The third kappa shape index (κ3) is 3.55. The van der Waals surface area contributed by atoms with Gasteiger partial charge in [0.05, 0.1) is 24.0 Å². The Morgan fingerprint density at radius 3 is 2.96 bits per heavy atom. The van der Waals surface area contributed by atoms with Crippen LogP contribution in [0.3, 0.4) is 0 Å². The average molecular weight is 317 g/mol. The maximum absolute atomic E-state index is 12.3. The highest BCUT2D eigenvalue weighted by Gasteiger charge is 2.23. The molecule has 2 aromatic rings. The molecule has 0 spiro atoms. The zero-order valence-corrected chi connectivity index (χ0v) is 13.9. The maximum atomic E-state index is 12.3. The molecule has 7 heteroatoms. The molecule has 1 N–H and O–H groups in total. The number of rotatable bonds is 4. The first-order valence-corrected chi connectivity index (χ1v) is 7.97. The Labute approximate surface area is 135 Å². The standard InChI is InChI=1S/C16H23N5O2/c1-11-15(12(2)23-19-11)7-16(22)18-13-5-4-6-21(9-13)14-8-17-20(3)10-14/h8,10,13H,4-7,9H2,1-3H3,(H,18,22)/t13-/m0/s1. The maximum Gasteiger partial charge on any atom is 0.224 e. The van der Waals surface area contributed by atoms with E-state index in [9.17, 15) is 4.79 Å². The van der Waals surface area contributed by atoms with Crippen molar-refractivity contribution >= 4 is 11.6 Å². The van der Waals surface area contributed by atoms with Gasteiger partial charge in [-0.3, -0.25) is 9.48 Å². The summed E-state index contributed by atoms with van der Waals surface area (Å²) in [5.41, 5.74) is 2.79. The minimum Gasteiger partial charge on any atom is -0.367 e. The van der Waals surface area contributed by atoms with Crippen molar-refractivity contribution in [1.82, 2.24) is 20.3 Å². The predicted molar refractivity (Wildman–Crippen MR) is 86.3 cm³/mol. The van der Waals surface area contributed by atoms with Crippen molar-refractivity contribution in [1.29, 1.82) is 0 Å². The van der Waals surface area contributed by atoms with E-state index in [-0.39, 0.29) is 11.9 Å². The van der Waals surface area contributed by atoms with Gasteiger partial charge in [-0.25, -0.2) is 0 Å². The Kier molecular flexibility index (Phi) is 4.36. The zero-order valence-electron chi connectivity index (χ0n) is 13.9. The third-order valence-corrected chi connectivity index (χ3v) is 4.36. The first-order valence-electron chi connectivity index (χ1n) is 7.97. The Morgan fingerprint density at radius 1 is 1.48 bits per heavy atom. The molecule has 1 aliphatic heterocycles. The third-order valence-electron chi connectivity index (χ3n) is 4.36. The molecule has 1 aliphatic rings. The van der Waals surface area contributed by atoms with E-state index < -0.39 is 0 Å². The highest BCUT2D eigenvalue weighted by molar-refractivity contribution is 5.79. The summed E-state index contributed by atoms with van der Waals surface area (Å²) in [6.07, 6.45) is 6.27. The number of nitrogens with zero attached hydrogens (tertiary/aromatic N) is 4. The number of carbonyl (C=O) groups is 1. The Morgan fingerprint density at radius 2 is 2.30 bits per heavy atom. The summed E-state index contributed by atoms with van der Waals surface area (Å²) in [5, 5.41) is 11.3. The van der Waals surface area contributed by atoms with Gasteiger partial charge < -0.3 is 14.7 Å². The molecule has 3 heterocycles. The van der Waals surface area contributed by atoms with E-state index in [1.807, 2.05) is 33.3 Å². The van der Waals surface area contributed by atoms with E-state index in [0.29, 0.717) is 6.42 Å². The van der Waals surface area contributed by atoms with Crippen LogP contribution in [-0.2, 0) is 18.3 Å². The van der Waals surface area contributed by atoms with Gasteiger partial charge in [-0.05, 0) is 26.7 Å². The molecule has 0 bridgehead atoms. The van der Waals surface area contributed by atoms with Crippen LogP contribution in [0.4, 0.5) is 5.69 Å². The van der Waals surface area contributed by atoms with E-state index in [2.05, 4.69) is 20.5 Å². The molecule has 1 atom stereocenters. The summed E-state index contributed by atoms with van der Waals surface area (Å²) in [7, 11) is 1.91. The van der Waals surface area contributed by atoms with Crippen LogP contribution < -0.4 is 10.2 Å². The summed E-state index contributed by atoms with van der Waals surface area (Å²) in [4.78, 5) is 14.6. The van der Waals surface area contributed by atoms with Gasteiger partial charge in [0.2, 0.25) is 5.91 Å². The van der Waals surface area contributed by atoms with E-state index in [0.717, 1.165) is 48.6 Å². The van der Waals surface area contributed by atoms with Crippen molar-refractivity contribution in [3.8, 4) is 0 Å². The van der Waals surface area contributed by atoms with Crippen molar-refractivity contribution < 1.29 is 9.32 Å². The number of aromatic nitrogens is 3. The lowest BCUT2D eigenvalue weighted by Gasteiger charge is -2.33. The van der Waals surface area contributed by atoms with Gasteiger partial charge in [0.1, 0.15) is 5.76 Å². The molecular formula is C16H23N5O2. The van der Waals surface area contributed by atoms with Gasteiger partial charge in [-0.2, -0.15) is 5.10 Å². The van der Waals surface area contributed by atoms with E-state index >= 15 is 0 Å². The van der Waals surface area contributed by atoms with E-state index in [4.69, 9.17) is 4.52 Å². The number of amides is 1. The fraction of sp³-hybridized carbons (Fsp3) is 0.562. The first-order chi connectivity index (χ1) is 11.0. The van der Waals surface area contributed by atoms with Crippen molar-refractivity contribution in [2.45, 2.75) is 39.2 Å². The van der Waals surface area contributed by atoms with Gasteiger partial charge in [0.25, 0.3) is 0 Å². The number of hydrogen-bond donors (Lipinski definition) is 1. The molecule has 1 fully saturated rings. The van der Waals surface area contributed by atoms with Gasteiger partial charge in [0, 0.05) is 37.9 Å². The lowest BCUT2D eigenvalue weighted by molar-refractivity contribution is -0.121. The van der Waals surface area contributed by atoms with Crippen LogP contribution in [0.5, 0.6) is 0 Å². The van der Waals surface area contributed by atoms with Crippen LogP contribution in [0.2, 0.25) is 0 Å². The van der Waals surface area contributed by atoms with Gasteiger partial charge in [0.15, 0.2) is 0 Å². The number of carbonyl (C=O) groups excluding carboxylic acids is 1. The molecule has 3 rings (SSSR count). The first kappa shape index (κ1) is 15.6. The monoisotopic (exact) mass is 317 g/mol. The van der Waals surface area contributed by atoms with Crippen LogP contribution in [0.1, 0.15) is 29.9 Å². The molecule has 1 saturated heterocycles. The largest absolute Gasteiger partial charge is 0.367 e. The summed E-state index contributed by atoms with van der Waals surface area (Å²) in [5.74, 6) is 0.746. The molecule has 7 nitrogen and oxygen atoms in total. The van der Waals surface area contributed by atoms with Gasteiger partial charge in [-0.1, -0.05) is 5.16 Å². The number of anilines is 1. The second-order valence-electron chi connectivity index (χ2n) is 6.20. The fourth-order valence-corrected chi connectivity index (χ4v) is 3.09. The van der Waals surface area contributed by atoms with Crippen molar-refractivity contribution in [3.05, 3.63) is 29.4 Å². The Bertz CT molecular complexity index is 671. The quantitative estimate of drug-likeness (QED) is 0.921. The Balaban J connectivity index is 1.58. The molecule has 0 aromatic carbocycles. The van der Waals surface area contributed by atoms with Crippen molar-refractivity contribution in [3.63, 3.8) is 0 Å². The molecular weight excluding hydrogens is 294 g/mol. The highest BCUT2D eigenvalue weighted by Crippen LogP contribution is 2.19. The number of piperidine rings is 1. The van der Waals surface area contributed by atoms with Crippen LogP contribution in [0.25, 0.3) is 0 Å². The molecule has 2 aromatic heterocycles. The number of hydrogen-bond acceptors (Lipinski definition) is 5. The lowest BCUT2D eigenvalue weighted by atomic mass is 10.0. The molecule has 124 valence electrons. The predicted octanol–water partition coefficient (Wildman–Crippen LogP) is 1.35. The summed E-state index contributed by atoms with van der Waals surface area (Å²) in [6, 6.07) is 0.164. The van der Waals surface area contributed by atoms with E-state index in [1.54, 1.807) is 4.68 Å². The minimum absolute atomic E-state index is 0.0254. The SMILES string of the molecule is Cc1noc(C)c1CC(=O)N[C@H]1CCCN(c2cnn(C)c2)C1. The average Bonchev–Trinajstić information content (AvgIpc) is 3.08. The number of aryl methyl sites for hydroxylation is 3. The minimum atomic E-state index is 0.0254. The number of nitrogens with one attached hydrogen (secondary N) is 1. The molecule has 0 radical (unpaired) electrons. The van der Waals surface area contributed by atoms with Crippen molar-refractivity contribution in [2.75, 3.05) is 18.0 Å². The van der Waals surface area contributed by atoms with Crippen LogP contribution in [0.15, 0.2) is 16.9 Å². The summed E-state index contributed by atoms with van der Waals surface area (Å²) < 4.78 is 6.92. The summed E-state index contributed by atoms with van der Waals surface area (Å²) in [6.45, 7) is 5.53. The molecule has 1 amide bonds. The second kappa shape index (κ2) is 6.44. The highest BCUT2D eigenvalue weighted by atomic mass is 16.5. The molecule has 23 heavy (non-hydrogen) atoms. The van der Waals surface area contributed by atoms with Crippen LogP contribution >= 0.6 is 0 Å². The van der Waals surface area contributed by atoms with Gasteiger partial charge in [-0.15, -0.1) is 0 Å².